The largest absolute Gasteiger partial charge is 0.509 e. The molecule has 11 heteroatoms. The lowest BCUT2D eigenvalue weighted by molar-refractivity contribution is 0.0695. The van der Waals surface area contributed by atoms with Crippen molar-refractivity contribution in [2.75, 3.05) is 6.54 Å². The molecule has 0 unspecified atom stereocenters. The van der Waals surface area contributed by atoms with Crippen molar-refractivity contribution in [3.05, 3.63) is 77.4 Å². The fourth-order valence-electron chi connectivity index (χ4n) is 3.01. The van der Waals surface area contributed by atoms with Gasteiger partial charge in [-0.2, -0.15) is 23.7 Å². The summed E-state index contributed by atoms with van der Waals surface area (Å²) in [6.45, 7) is 0.0435. The van der Waals surface area contributed by atoms with E-state index in [4.69, 9.17) is 10.8 Å². The second-order valence-electron chi connectivity index (χ2n) is 6.87. The predicted molar refractivity (Wildman–Crippen MR) is 109 cm³/mol. The molecule has 31 heavy (non-hydrogen) atoms. The number of amidine groups is 1. The third-order valence-electron chi connectivity index (χ3n) is 4.62. The number of benzene rings is 1. The van der Waals surface area contributed by atoms with E-state index in [9.17, 15) is 5.11 Å². The van der Waals surface area contributed by atoms with Crippen molar-refractivity contribution in [1.29, 1.82) is 10.8 Å². The Balaban J connectivity index is 1.69. The molecule has 3 heterocycles. The number of hydrogen-bond donors (Lipinski definition) is 4. The predicted octanol–water partition coefficient (Wildman–Crippen LogP) is 2.13. The first-order chi connectivity index (χ1) is 14.8. The first-order valence-electron chi connectivity index (χ1n) is 9.17. The molecule has 1 aliphatic heterocycles. The first kappa shape index (κ1) is 20.1. The SMILES string of the molecule is Cn1cc(-c2ccc(=N)n(C(=N)C(F)(F)c3cccc(C4=NCC(O)=CN4)c3)n2)cn1. The molecule has 1 aromatic carbocycles. The van der Waals surface area contributed by atoms with Crippen LogP contribution in [0.25, 0.3) is 11.3 Å². The maximum Gasteiger partial charge on any atom is 0.331 e. The molecule has 158 valence electrons. The van der Waals surface area contributed by atoms with Crippen molar-refractivity contribution >= 4 is 11.7 Å². The highest BCUT2D eigenvalue weighted by Crippen LogP contribution is 2.30. The molecule has 4 N–H and O–H groups in total. The molecular weight excluding hydrogens is 406 g/mol. The zero-order valence-electron chi connectivity index (χ0n) is 16.3. The first-order valence-corrected chi connectivity index (χ1v) is 9.17. The molecule has 9 nitrogen and oxygen atoms in total. The lowest BCUT2D eigenvalue weighted by Crippen LogP contribution is -2.39. The van der Waals surface area contributed by atoms with E-state index in [2.05, 4.69) is 20.5 Å². The van der Waals surface area contributed by atoms with E-state index in [0.29, 0.717) is 27.3 Å². The summed E-state index contributed by atoms with van der Waals surface area (Å²) in [5.74, 6) is -4.53. The van der Waals surface area contributed by atoms with Crippen molar-refractivity contribution in [3.8, 4) is 11.3 Å². The van der Waals surface area contributed by atoms with Gasteiger partial charge in [0.25, 0.3) is 0 Å². The standard InChI is InChI=1S/C20H18F2N8O/c1-29-11-13(8-27-29)16-5-6-17(23)30(28-16)19(24)20(21,22)14-4-2-3-12(7-14)18-25-9-15(31)10-26-18/h2-9,11,23-24,31H,10H2,1H3,(H,25,26). The summed E-state index contributed by atoms with van der Waals surface area (Å²) in [5.41, 5.74) is 0.464. The van der Waals surface area contributed by atoms with Gasteiger partial charge in [0, 0.05) is 36.1 Å². The van der Waals surface area contributed by atoms with E-state index in [0.717, 1.165) is 0 Å². The topological polar surface area (TPSA) is 128 Å². The average Bonchev–Trinajstić information content (AvgIpc) is 3.20. The fraction of sp³-hybridized carbons (Fsp3) is 0.150. The monoisotopic (exact) mass is 424 g/mol. The second-order valence-corrected chi connectivity index (χ2v) is 6.87. The number of nitrogens with one attached hydrogen (secondary N) is 3. The Labute approximate surface area is 175 Å². The molecule has 0 atom stereocenters. The summed E-state index contributed by atoms with van der Waals surface area (Å²) >= 11 is 0. The molecule has 0 spiro atoms. The molecule has 0 radical (unpaired) electrons. The Bertz CT molecular complexity index is 1290. The number of aliphatic hydroxyl groups excluding tert-OH is 1. The molecule has 3 aromatic rings. The average molecular weight is 424 g/mol. The van der Waals surface area contributed by atoms with Gasteiger partial charge in [-0.1, -0.05) is 18.2 Å². The number of nitrogens with zero attached hydrogens (tertiary/aromatic N) is 5. The van der Waals surface area contributed by atoms with Gasteiger partial charge in [-0.3, -0.25) is 20.5 Å². The van der Waals surface area contributed by atoms with Crippen molar-refractivity contribution in [2.24, 2.45) is 12.0 Å². The highest BCUT2D eigenvalue weighted by Gasteiger charge is 2.40. The second kappa shape index (κ2) is 7.59. The highest BCUT2D eigenvalue weighted by molar-refractivity contribution is 6.00. The smallest absolute Gasteiger partial charge is 0.331 e. The van der Waals surface area contributed by atoms with Gasteiger partial charge in [0.1, 0.15) is 17.1 Å². The number of halogens is 2. The van der Waals surface area contributed by atoms with E-state index in [-0.39, 0.29) is 17.8 Å². The van der Waals surface area contributed by atoms with E-state index in [1.165, 1.54) is 42.7 Å². The molecule has 0 saturated carbocycles. The van der Waals surface area contributed by atoms with Crippen LogP contribution in [0.5, 0.6) is 0 Å². The van der Waals surface area contributed by atoms with E-state index in [1.807, 2.05) is 0 Å². The van der Waals surface area contributed by atoms with E-state index >= 15 is 8.78 Å². The summed E-state index contributed by atoms with van der Waals surface area (Å²) in [7, 11) is 1.71. The van der Waals surface area contributed by atoms with Gasteiger partial charge in [-0.05, 0) is 18.2 Å². The molecule has 1 aliphatic rings. The van der Waals surface area contributed by atoms with Crippen LogP contribution in [0.3, 0.4) is 0 Å². The molecule has 0 bridgehead atoms. The Kier molecular flexibility index (Phi) is 4.93. The number of hydrogen-bond acceptors (Lipinski definition) is 7. The molecular formula is C20H18F2N8O. The van der Waals surface area contributed by atoms with Crippen LogP contribution in [-0.4, -0.2) is 42.9 Å². The Morgan fingerprint density at radius 2 is 2.03 bits per heavy atom. The van der Waals surface area contributed by atoms with Crippen LogP contribution in [0.2, 0.25) is 0 Å². The summed E-state index contributed by atoms with van der Waals surface area (Å²) in [5, 5.41) is 36.4. The Morgan fingerprint density at radius 1 is 1.23 bits per heavy atom. The maximum absolute atomic E-state index is 15.3. The van der Waals surface area contributed by atoms with Gasteiger partial charge in [-0.15, -0.1) is 0 Å². The Morgan fingerprint density at radius 3 is 2.71 bits per heavy atom. The zero-order valence-corrected chi connectivity index (χ0v) is 16.3. The summed E-state index contributed by atoms with van der Waals surface area (Å²) in [4.78, 5) is 4.10. The van der Waals surface area contributed by atoms with Gasteiger partial charge in [0.05, 0.1) is 18.4 Å². The quantitative estimate of drug-likeness (QED) is 0.378. The van der Waals surface area contributed by atoms with Gasteiger partial charge in [0.2, 0.25) is 0 Å². The molecule has 4 rings (SSSR count). The van der Waals surface area contributed by atoms with Crippen LogP contribution >= 0.6 is 0 Å². The number of rotatable bonds is 4. The van der Waals surface area contributed by atoms with Crippen LogP contribution in [-0.2, 0) is 13.0 Å². The fourth-order valence-corrected chi connectivity index (χ4v) is 3.01. The minimum atomic E-state index is -3.73. The van der Waals surface area contributed by atoms with E-state index < -0.39 is 17.3 Å². The number of aliphatic imine (C=N–C) groups is 1. The van der Waals surface area contributed by atoms with Crippen molar-refractivity contribution in [3.63, 3.8) is 0 Å². The minimum absolute atomic E-state index is 0.0333. The summed E-state index contributed by atoms with van der Waals surface area (Å²) in [6.07, 6.45) is 4.52. The van der Waals surface area contributed by atoms with Gasteiger partial charge >= 0.3 is 5.92 Å². The minimum Gasteiger partial charge on any atom is -0.509 e. The van der Waals surface area contributed by atoms with Crippen LogP contribution in [0, 0.1) is 10.8 Å². The van der Waals surface area contributed by atoms with Crippen molar-refractivity contribution in [2.45, 2.75) is 5.92 Å². The summed E-state index contributed by atoms with van der Waals surface area (Å²) < 4.78 is 32.7. The third kappa shape index (κ3) is 3.84. The number of alkyl halides is 2. The van der Waals surface area contributed by atoms with Crippen LogP contribution in [0.4, 0.5) is 8.78 Å². The van der Waals surface area contributed by atoms with Crippen molar-refractivity contribution in [1.82, 2.24) is 24.9 Å². The van der Waals surface area contributed by atoms with Crippen LogP contribution < -0.4 is 10.8 Å². The number of aliphatic hydroxyl groups is 1. The van der Waals surface area contributed by atoms with Crippen LogP contribution in [0.1, 0.15) is 11.1 Å². The van der Waals surface area contributed by atoms with Gasteiger partial charge < -0.3 is 10.4 Å². The zero-order chi connectivity index (χ0) is 22.2. The number of aromatic nitrogens is 4. The lowest BCUT2D eigenvalue weighted by atomic mass is 10.0. The molecule has 0 fully saturated rings. The van der Waals surface area contributed by atoms with Gasteiger partial charge in [-0.25, -0.2) is 0 Å². The van der Waals surface area contributed by atoms with E-state index in [1.54, 1.807) is 24.0 Å². The third-order valence-corrected chi connectivity index (χ3v) is 4.62. The Hall–Kier alpha value is -4.15. The normalized spacial score (nSPS) is 13.9. The van der Waals surface area contributed by atoms with Crippen molar-refractivity contribution < 1.29 is 13.9 Å². The molecule has 2 aromatic heterocycles. The highest BCUT2D eigenvalue weighted by atomic mass is 19.3. The van der Waals surface area contributed by atoms with Gasteiger partial charge in [0.15, 0.2) is 5.84 Å². The van der Waals surface area contributed by atoms with Crippen LogP contribution in [0.15, 0.2) is 65.7 Å². The lowest BCUT2D eigenvalue weighted by Gasteiger charge is -2.20. The summed E-state index contributed by atoms with van der Waals surface area (Å²) in [6, 6.07) is 8.25. The number of aryl methyl sites for hydroxylation is 1. The molecule has 0 amide bonds. The molecule has 0 saturated heterocycles. The maximum atomic E-state index is 15.3. The molecule has 0 aliphatic carbocycles.